The molecule has 2 amide bonds. The van der Waals surface area contributed by atoms with Gasteiger partial charge in [-0.3, -0.25) is 9.59 Å². The van der Waals surface area contributed by atoms with Crippen molar-refractivity contribution in [1.82, 2.24) is 10.3 Å². The van der Waals surface area contributed by atoms with Gasteiger partial charge in [-0.25, -0.2) is 4.98 Å². The summed E-state index contributed by atoms with van der Waals surface area (Å²) >= 11 is 0. The molecule has 0 aliphatic rings. The first-order valence-corrected chi connectivity index (χ1v) is 7.39. The fourth-order valence-electron chi connectivity index (χ4n) is 1.88. The lowest BCUT2D eigenvalue weighted by Crippen LogP contribution is -2.25. The molecule has 7 nitrogen and oxygen atoms in total. The third-order valence-electron chi connectivity index (χ3n) is 3.01. The summed E-state index contributed by atoms with van der Waals surface area (Å²) in [5.74, 6) is 1.33. The molecule has 0 saturated heterocycles. The zero-order valence-corrected chi connectivity index (χ0v) is 13.5. The second kappa shape index (κ2) is 8.52. The van der Waals surface area contributed by atoms with Crippen molar-refractivity contribution < 1.29 is 19.1 Å². The van der Waals surface area contributed by atoms with Crippen LogP contribution >= 0.6 is 0 Å². The van der Waals surface area contributed by atoms with Crippen molar-refractivity contribution in [2.45, 2.75) is 13.3 Å². The molecule has 0 aliphatic heterocycles. The lowest BCUT2D eigenvalue weighted by atomic mass is 10.3. The normalized spacial score (nSPS) is 9.92. The molecule has 0 radical (unpaired) electrons. The Kier molecular flexibility index (Phi) is 6.13. The maximum Gasteiger partial charge on any atom is 0.226 e. The lowest BCUT2D eigenvalue weighted by molar-refractivity contribution is -0.119. The van der Waals surface area contributed by atoms with Gasteiger partial charge in [0, 0.05) is 32.0 Å². The minimum Gasteiger partial charge on any atom is -0.497 e. The molecule has 0 bridgehead atoms. The predicted octanol–water partition coefficient (Wildman–Crippen LogP) is 2.35. The number of amides is 2. The van der Waals surface area contributed by atoms with Crippen LogP contribution in [0.3, 0.4) is 0 Å². The second-order valence-electron chi connectivity index (χ2n) is 4.95. The molecule has 24 heavy (non-hydrogen) atoms. The Morgan fingerprint density at radius 2 is 1.96 bits per heavy atom. The van der Waals surface area contributed by atoms with Crippen molar-refractivity contribution >= 4 is 17.5 Å². The maximum atomic E-state index is 11.7. The maximum absolute atomic E-state index is 11.7. The van der Waals surface area contributed by atoms with Crippen LogP contribution in [-0.2, 0) is 9.59 Å². The SMILES string of the molecule is COc1cccc(Oc2ccc(NC(=O)CCNC(C)=O)cn2)c1. The summed E-state index contributed by atoms with van der Waals surface area (Å²) in [4.78, 5) is 26.6. The molecule has 1 heterocycles. The molecule has 2 aromatic rings. The van der Waals surface area contributed by atoms with Crippen LogP contribution in [0.25, 0.3) is 0 Å². The Morgan fingerprint density at radius 1 is 1.17 bits per heavy atom. The van der Waals surface area contributed by atoms with Crippen LogP contribution in [0, 0.1) is 0 Å². The summed E-state index contributed by atoms with van der Waals surface area (Å²) in [6.45, 7) is 1.70. The summed E-state index contributed by atoms with van der Waals surface area (Å²) in [6.07, 6.45) is 1.70. The van der Waals surface area contributed by atoms with E-state index in [1.165, 1.54) is 13.1 Å². The van der Waals surface area contributed by atoms with Crippen LogP contribution in [-0.4, -0.2) is 30.5 Å². The van der Waals surface area contributed by atoms with Crippen LogP contribution in [0.4, 0.5) is 5.69 Å². The number of methoxy groups -OCH3 is 1. The molecular weight excluding hydrogens is 310 g/mol. The number of ether oxygens (including phenoxy) is 2. The summed E-state index contributed by atoms with van der Waals surface area (Å²) in [6, 6.07) is 10.5. The van der Waals surface area contributed by atoms with Gasteiger partial charge < -0.3 is 20.1 Å². The first kappa shape index (κ1) is 17.3. The number of nitrogens with zero attached hydrogens (tertiary/aromatic N) is 1. The summed E-state index contributed by atoms with van der Waals surface area (Å²) in [5, 5.41) is 5.26. The minimum absolute atomic E-state index is 0.163. The molecule has 0 spiro atoms. The average molecular weight is 329 g/mol. The third kappa shape index (κ3) is 5.60. The van der Waals surface area contributed by atoms with Crippen LogP contribution < -0.4 is 20.1 Å². The minimum atomic E-state index is -0.202. The van der Waals surface area contributed by atoms with Crippen LogP contribution in [0.15, 0.2) is 42.6 Å². The highest BCUT2D eigenvalue weighted by atomic mass is 16.5. The van der Waals surface area contributed by atoms with Gasteiger partial charge in [-0.05, 0) is 18.2 Å². The quantitative estimate of drug-likeness (QED) is 0.814. The molecule has 0 fully saturated rings. The molecule has 0 saturated carbocycles. The second-order valence-corrected chi connectivity index (χ2v) is 4.95. The standard InChI is InChI=1S/C17H19N3O4/c1-12(21)18-9-8-16(22)20-13-6-7-17(19-11-13)24-15-5-3-4-14(10-15)23-2/h3-7,10-11H,8-9H2,1-2H3,(H,18,21)(H,20,22). The zero-order valence-electron chi connectivity index (χ0n) is 13.5. The topological polar surface area (TPSA) is 89.5 Å². The van der Waals surface area contributed by atoms with Gasteiger partial charge in [0.2, 0.25) is 17.7 Å². The zero-order chi connectivity index (χ0) is 17.4. The first-order chi connectivity index (χ1) is 11.6. The van der Waals surface area contributed by atoms with E-state index < -0.39 is 0 Å². The summed E-state index contributed by atoms with van der Waals surface area (Å²) in [5.41, 5.74) is 0.556. The smallest absolute Gasteiger partial charge is 0.226 e. The number of benzene rings is 1. The van der Waals surface area contributed by atoms with Gasteiger partial charge in [0.15, 0.2) is 0 Å². The van der Waals surface area contributed by atoms with Crippen molar-refractivity contribution in [2.24, 2.45) is 0 Å². The number of carbonyl (C=O) groups is 2. The number of rotatable bonds is 7. The Balaban J connectivity index is 1.88. The van der Waals surface area contributed by atoms with Crippen molar-refractivity contribution in [3.63, 3.8) is 0 Å². The molecule has 0 atom stereocenters. The number of hydrogen-bond donors (Lipinski definition) is 2. The van der Waals surface area contributed by atoms with E-state index in [4.69, 9.17) is 9.47 Å². The van der Waals surface area contributed by atoms with Crippen LogP contribution in [0.2, 0.25) is 0 Å². The van der Waals surface area contributed by atoms with Gasteiger partial charge in [-0.15, -0.1) is 0 Å². The van der Waals surface area contributed by atoms with Gasteiger partial charge in [0.05, 0.1) is 19.0 Å². The van der Waals surface area contributed by atoms with E-state index >= 15 is 0 Å². The third-order valence-corrected chi connectivity index (χ3v) is 3.01. The molecule has 7 heteroatoms. The van der Waals surface area contributed by atoms with E-state index in [2.05, 4.69) is 15.6 Å². The monoisotopic (exact) mass is 329 g/mol. The highest BCUT2D eigenvalue weighted by Crippen LogP contribution is 2.24. The Labute approximate surface area is 140 Å². The molecule has 2 rings (SSSR count). The largest absolute Gasteiger partial charge is 0.497 e. The van der Waals surface area contributed by atoms with Crippen molar-refractivity contribution in [3.05, 3.63) is 42.6 Å². The van der Waals surface area contributed by atoms with Gasteiger partial charge in [0.25, 0.3) is 0 Å². The number of aromatic nitrogens is 1. The van der Waals surface area contributed by atoms with E-state index in [1.807, 2.05) is 12.1 Å². The molecule has 1 aromatic carbocycles. The summed E-state index contributed by atoms with van der Waals surface area (Å²) < 4.78 is 10.7. The fourth-order valence-corrected chi connectivity index (χ4v) is 1.88. The van der Waals surface area contributed by atoms with E-state index in [1.54, 1.807) is 31.4 Å². The lowest BCUT2D eigenvalue weighted by Gasteiger charge is -2.08. The van der Waals surface area contributed by atoms with Gasteiger partial charge in [0.1, 0.15) is 11.5 Å². The van der Waals surface area contributed by atoms with Gasteiger partial charge in [-0.1, -0.05) is 6.07 Å². The number of carbonyl (C=O) groups excluding carboxylic acids is 2. The highest BCUT2D eigenvalue weighted by molar-refractivity contribution is 5.90. The number of nitrogens with one attached hydrogen (secondary N) is 2. The van der Waals surface area contributed by atoms with E-state index in [-0.39, 0.29) is 18.2 Å². The molecule has 126 valence electrons. The Bertz CT molecular complexity index is 701. The first-order valence-electron chi connectivity index (χ1n) is 7.39. The van der Waals surface area contributed by atoms with E-state index in [0.717, 1.165) is 0 Å². The Morgan fingerprint density at radius 3 is 2.62 bits per heavy atom. The number of anilines is 1. The van der Waals surface area contributed by atoms with E-state index in [0.29, 0.717) is 29.6 Å². The van der Waals surface area contributed by atoms with Gasteiger partial charge in [-0.2, -0.15) is 0 Å². The average Bonchev–Trinajstić information content (AvgIpc) is 2.56. The Hall–Kier alpha value is -3.09. The van der Waals surface area contributed by atoms with Gasteiger partial charge >= 0.3 is 0 Å². The number of pyridine rings is 1. The molecule has 0 unspecified atom stereocenters. The van der Waals surface area contributed by atoms with Crippen molar-refractivity contribution in [3.8, 4) is 17.4 Å². The molecule has 1 aromatic heterocycles. The van der Waals surface area contributed by atoms with Crippen molar-refractivity contribution in [2.75, 3.05) is 19.0 Å². The van der Waals surface area contributed by atoms with Crippen LogP contribution in [0.5, 0.6) is 17.4 Å². The van der Waals surface area contributed by atoms with Crippen LogP contribution in [0.1, 0.15) is 13.3 Å². The predicted molar refractivity (Wildman–Crippen MR) is 89.2 cm³/mol. The molecular formula is C17H19N3O4. The molecule has 2 N–H and O–H groups in total. The van der Waals surface area contributed by atoms with E-state index in [9.17, 15) is 9.59 Å². The highest BCUT2D eigenvalue weighted by Gasteiger charge is 2.05. The summed E-state index contributed by atoms with van der Waals surface area (Å²) in [7, 11) is 1.58. The van der Waals surface area contributed by atoms with Crippen molar-refractivity contribution in [1.29, 1.82) is 0 Å². The number of hydrogen-bond acceptors (Lipinski definition) is 5. The molecule has 0 aliphatic carbocycles. The fraction of sp³-hybridized carbons (Fsp3) is 0.235.